The zero-order valence-corrected chi connectivity index (χ0v) is 15.3. The first kappa shape index (κ1) is 19.6. The number of hydrogen-bond donors (Lipinski definition) is 1. The summed E-state index contributed by atoms with van der Waals surface area (Å²) < 4.78 is 9.94. The van der Waals surface area contributed by atoms with Crippen LogP contribution in [0.1, 0.15) is 46.5 Å². The molecule has 0 fully saturated rings. The molecule has 0 aromatic carbocycles. The summed E-state index contributed by atoms with van der Waals surface area (Å²) in [5.41, 5.74) is 0.621. The van der Waals surface area contributed by atoms with Crippen molar-refractivity contribution in [3.63, 3.8) is 0 Å². The predicted molar refractivity (Wildman–Crippen MR) is 93.3 cm³/mol. The van der Waals surface area contributed by atoms with Crippen molar-refractivity contribution in [2.75, 3.05) is 12.9 Å². The first-order valence-electron chi connectivity index (χ1n) is 7.81. The number of allylic oxidation sites excluding steroid dienone is 2. The highest BCUT2D eigenvalue weighted by atomic mass is 32.2. The highest BCUT2D eigenvalue weighted by molar-refractivity contribution is 8.03. The molecule has 0 saturated carbocycles. The summed E-state index contributed by atoms with van der Waals surface area (Å²) in [4.78, 5) is 24.7. The Bertz CT molecular complexity index is 479. The highest BCUT2D eigenvalue weighted by Gasteiger charge is 2.25. The number of thioether (sulfide) groups is 1. The van der Waals surface area contributed by atoms with Gasteiger partial charge in [0.15, 0.2) is 0 Å². The number of carbonyl (C=O) groups is 2. The summed E-state index contributed by atoms with van der Waals surface area (Å²) in [7, 11) is 1.30. The van der Waals surface area contributed by atoms with E-state index >= 15 is 0 Å². The average Bonchev–Trinajstić information content (AvgIpc) is 2.49. The third-order valence-electron chi connectivity index (χ3n) is 3.25. The van der Waals surface area contributed by atoms with Gasteiger partial charge in [0.25, 0.3) is 0 Å². The summed E-state index contributed by atoms with van der Waals surface area (Å²) in [6.07, 6.45) is 6.05. The lowest BCUT2D eigenvalue weighted by Gasteiger charge is -2.23. The van der Waals surface area contributed by atoms with Crippen molar-refractivity contribution >= 4 is 23.8 Å². The summed E-state index contributed by atoms with van der Waals surface area (Å²) in [5.74, 6) is -0.129. The molecule has 1 aliphatic rings. The molecular formula is C17H27NO4S. The fourth-order valence-electron chi connectivity index (χ4n) is 2.13. The van der Waals surface area contributed by atoms with E-state index in [0.717, 1.165) is 17.7 Å². The van der Waals surface area contributed by atoms with Crippen molar-refractivity contribution in [3.05, 3.63) is 23.1 Å². The molecule has 1 aliphatic carbocycles. The normalized spacial score (nSPS) is 16.1. The van der Waals surface area contributed by atoms with Crippen LogP contribution < -0.4 is 5.32 Å². The van der Waals surface area contributed by atoms with Gasteiger partial charge in [-0.2, -0.15) is 0 Å². The second-order valence-electron chi connectivity index (χ2n) is 6.43. The number of amides is 1. The zero-order chi connectivity index (χ0) is 17.5. The molecule has 1 N–H and O–H groups in total. The molecule has 1 amide bonds. The maximum Gasteiger partial charge on any atom is 0.408 e. The van der Waals surface area contributed by atoms with Gasteiger partial charge in [-0.3, -0.25) is 0 Å². The van der Waals surface area contributed by atoms with Gasteiger partial charge in [0.1, 0.15) is 11.6 Å². The lowest BCUT2D eigenvalue weighted by Crippen LogP contribution is -2.45. The number of methoxy groups -OCH3 is 1. The smallest absolute Gasteiger partial charge is 0.408 e. The van der Waals surface area contributed by atoms with Gasteiger partial charge < -0.3 is 14.8 Å². The summed E-state index contributed by atoms with van der Waals surface area (Å²) in [5, 5.41) is 2.57. The van der Waals surface area contributed by atoms with Crippen LogP contribution in [0, 0.1) is 0 Å². The van der Waals surface area contributed by atoms with Gasteiger partial charge in [0.2, 0.25) is 0 Å². The maximum absolute atomic E-state index is 11.9. The van der Waals surface area contributed by atoms with Crippen molar-refractivity contribution in [1.29, 1.82) is 0 Å². The predicted octanol–water partition coefficient (Wildman–Crippen LogP) is 3.80. The molecule has 6 heteroatoms. The van der Waals surface area contributed by atoms with Crippen molar-refractivity contribution in [3.8, 4) is 0 Å². The molecular weight excluding hydrogens is 314 g/mol. The van der Waals surface area contributed by atoms with Gasteiger partial charge >= 0.3 is 12.1 Å². The maximum atomic E-state index is 11.9. The number of alkyl carbamates (subject to hydrolysis) is 1. The van der Waals surface area contributed by atoms with Crippen LogP contribution in [-0.4, -0.2) is 36.6 Å². The third kappa shape index (κ3) is 7.59. The number of ether oxygens (including phenoxy) is 2. The molecule has 0 spiro atoms. The van der Waals surface area contributed by atoms with E-state index in [2.05, 4.69) is 18.0 Å². The Morgan fingerprint density at radius 2 is 2.09 bits per heavy atom. The van der Waals surface area contributed by atoms with Gasteiger partial charge in [0, 0.05) is 10.7 Å². The molecule has 0 aliphatic heterocycles. The molecule has 0 heterocycles. The summed E-state index contributed by atoms with van der Waals surface area (Å²) >= 11 is 1.46. The minimum absolute atomic E-state index is 0.363. The molecule has 23 heavy (non-hydrogen) atoms. The van der Waals surface area contributed by atoms with Crippen LogP contribution in [0.3, 0.4) is 0 Å². The zero-order valence-electron chi connectivity index (χ0n) is 14.4. The monoisotopic (exact) mass is 341 g/mol. The fourth-order valence-corrected chi connectivity index (χ4v) is 3.09. The molecule has 0 aromatic rings. The van der Waals surface area contributed by atoms with Crippen LogP contribution >= 0.6 is 11.8 Å². The molecule has 0 unspecified atom stereocenters. The van der Waals surface area contributed by atoms with Gasteiger partial charge in [-0.1, -0.05) is 12.7 Å². The first-order chi connectivity index (χ1) is 10.7. The van der Waals surface area contributed by atoms with Crippen LogP contribution in [-0.2, 0) is 14.3 Å². The Kier molecular flexibility index (Phi) is 7.68. The molecule has 1 atom stereocenters. The number of hydrogen-bond acceptors (Lipinski definition) is 5. The van der Waals surface area contributed by atoms with E-state index < -0.39 is 23.7 Å². The number of carbonyl (C=O) groups excluding carboxylic acids is 2. The highest BCUT2D eigenvalue weighted by Crippen LogP contribution is 2.30. The Morgan fingerprint density at radius 1 is 1.39 bits per heavy atom. The Balaban J connectivity index is 2.57. The van der Waals surface area contributed by atoms with Crippen LogP contribution in [0.5, 0.6) is 0 Å². The molecule has 5 nitrogen and oxygen atoms in total. The third-order valence-corrected chi connectivity index (χ3v) is 4.36. The second kappa shape index (κ2) is 9.01. The molecule has 0 bridgehead atoms. The molecule has 0 radical (unpaired) electrons. The summed E-state index contributed by atoms with van der Waals surface area (Å²) in [6, 6.07) is -0.763. The van der Waals surface area contributed by atoms with E-state index in [1.165, 1.54) is 37.3 Å². The van der Waals surface area contributed by atoms with Gasteiger partial charge in [0.05, 0.1) is 7.11 Å². The van der Waals surface area contributed by atoms with E-state index in [-0.39, 0.29) is 0 Å². The minimum Gasteiger partial charge on any atom is -0.467 e. The van der Waals surface area contributed by atoms with E-state index in [0.29, 0.717) is 5.75 Å². The Labute approximate surface area is 142 Å². The average molecular weight is 341 g/mol. The fraction of sp³-hybridized carbons (Fsp3) is 0.647. The SMILES string of the molecule is C=C(SC[C@H](NC(=O)OC(C)(C)C)C(=O)OC)C1=CCCCC1. The van der Waals surface area contributed by atoms with E-state index in [1.807, 2.05) is 0 Å². The largest absolute Gasteiger partial charge is 0.467 e. The molecule has 0 saturated heterocycles. The number of rotatable bonds is 6. The number of esters is 1. The van der Waals surface area contributed by atoms with Gasteiger partial charge in [-0.05, 0) is 52.0 Å². The minimum atomic E-state index is -0.763. The van der Waals surface area contributed by atoms with Crippen LogP contribution in [0.4, 0.5) is 4.79 Å². The number of nitrogens with one attached hydrogen (secondary N) is 1. The van der Waals surface area contributed by atoms with Crippen molar-refractivity contribution in [2.45, 2.75) is 58.1 Å². The lowest BCUT2D eigenvalue weighted by molar-refractivity contribution is -0.142. The van der Waals surface area contributed by atoms with Crippen molar-refractivity contribution < 1.29 is 19.1 Å². The Hall–Kier alpha value is -1.43. The molecule has 0 aromatic heterocycles. The quantitative estimate of drug-likeness (QED) is 0.745. The van der Waals surface area contributed by atoms with E-state index in [1.54, 1.807) is 20.8 Å². The Morgan fingerprint density at radius 3 is 2.61 bits per heavy atom. The topological polar surface area (TPSA) is 64.6 Å². The van der Waals surface area contributed by atoms with Crippen molar-refractivity contribution in [2.24, 2.45) is 0 Å². The van der Waals surface area contributed by atoms with Crippen LogP contribution in [0.2, 0.25) is 0 Å². The summed E-state index contributed by atoms with van der Waals surface area (Å²) in [6.45, 7) is 9.38. The van der Waals surface area contributed by atoms with Crippen LogP contribution in [0.25, 0.3) is 0 Å². The lowest BCUT2D eigenvalue weighted by atomic mass is 10.00. The van der Waals surface area contributed by atoms with E-state index in [4.69, 9.17) is 9.47 Å². The second-order valence-corrected chi connectivity index (χ2v) is 7.55. The van der Waals surface area contributed by atoms with Crippen molar-refractivity contribution in [1.82, 2.24) is 5.32 Å². The first-order valence-corrected chi connectivity index (χ1v) is 8.80. The van der Waals surface area contributed by atoms with E-state index in [9.17, 15) is 9.59 Å². The van der Waals surface area contributed by atoms with Crippen LogP contribution in [0.15, 0.2) is 23.1 Å². The van der Waals surface area contributed by atoms with Gasteiger partial charge in [-0.15, -0.1) is 11.8 Å². The standard InChI is InChI=1S/C17H27NO4S/c1-12(13-9-7-6-8-10-13)23-11-14(15(19)21-5)18-16(20)22-17(2,3)4/h9,14H,1,6-8,10-11H2,2-5H3,(H,18,20)/t14-/m0/s1. The van der Waals surface area contributed by atoms with Gasteiger partial charge in [-0.25, -0.2) is 9.59 Å². The molecule has 130 valence electrons. The molecule has 1 rings (SSSR count).